The monoisotopic (exact) mass is 333 g/mol. The molecule has 24 heavy (non-hydrogen) atoms. The highest BCUT2D eigenvalue weighted by molar-refractivity contribution is 6.39. The highest BCUT2D eigenvalue weighted by Gasteiger charge is 2.20. The van der Waals surface area contributed by atoms with Crippen LogP contribution in [0.5, 0.6) is 0 Å². The molecular formula is C16H20FN5O2. The number of hydrogen-bond donors (Lipinski definition) is 2. The third kappa shape index (κ3) is 4.39. The van der Waals surface area contributed by atoms with Crippen LogP contribution in [0.3, 0.4) is 0 Å². The Kier molecular flexibility index (Phi) is 5.64. The van der Waals surface area contributed by atoms with E-state index in [4.69, 9.17) is 0 Å². The minimum atomic E-state index is -0.913. The molecule has 0 bridgehead atoms. The fourth-order valence-electron chi connectivity index (χ4n) is 2.22. The average Bonchev–Trinajstić information content (AvgIpc) is 2.95. The van der Waals surface area contributed by atoms with Crippen LogP contribution < -0.4 is 10.6 Å². The van der Waals surface area contributed by atoms with Crippen molar-refractivity contribution in [2.24, 2.45) is 7.05 Å². The van der Waals surface area contributed by atoms with Crippen molar-refractivity contribution < 1.29 is 14.0 Å². The third-order valence-electron chi connectivity index (χ3n) is 3.52. The van der Waals surface area contributed by atoms with E-state index in [1.54, 1.807) is 24.0 Å². The Bertz CT molecular complexity index is 729. The Balaban J connectivity index is 1.95. The number of aryl methyl sites for hydroxylation is 1. The molecule has 1 heterocycles. The second-order valence-electron chi connectivity index (χ2n) is 5.57. The molecule has 0 fully saturated rings. The van der Waals surface area contributed by atoms with Crippen LogP contribution in [0.4, 0.5) is 10.1 Å². The molecule has 0 aliphatic heterocycles. The Hall–Kier alpha value is -2.74. The summed E-state index contributed by atoms with van der Waals surface area (Å²) in [6.45, 7) is 0.224. The van der Waals surface area contributed by atoms with Crippen LogP contribution in [0.2, 0.25) is 0 Å². The van der Waals surface area contributed by atoms with Crippen LogP contribution in [0.25, 0.3) is 0 Å². The van der Waals surface area contributed by atoms with Gasteiger partial charge in [-0.2, -0.15) is 5.10 Å². The van der Waals surface area contributed by atoms with Gasteiger partial charge in [-0.25, -0.2) is 4.39 Å². The Morgan fingerprint density at radius 1 is 1.29 bits per heavy atom. The van der Waals surface area contributed by atoms with Gasteiger partial charge in [0.1, 0.15) is 5.82 Å². The Morgan fingerprint density at radius 3 is 2.58 bits per heavy atom. The van der Waals surface area contributed by atoms with Crippen LogP contribution in [-0.4, -0.2) is 47.1 Å². The molecule has 0 spiro atoms. The molecule has 1 aromatic heterocycles. The Labute approximate surface area is 139 Å². The molecule has 8 heteroatoms. The summed E-state index contributed by atoms with van der Waals surface area (Å²) >= 11 is 0. The van der Waals surface area contributed by atoms with E-state index >= 15 is 0 Å². The lowest BCUT2D eigenvalue weighted by Crippen LogP contribution is -2.40. The van der Waals surface area contributed by atoms with E-state index < -0.39 is 17.6 Å². The molecule has 2 amide bonds. The van der Waals surface area contributed by atoms with Crippen molar-refractivity contribution in [2.75, 3.05) is 26.0 Å². The number of nitrogens with one attached hydrogen (secondary N) is 2. The lowest BCUT2D eigenvalue weighted by Gasteiger charge is -2.23. The van der Waals surface area contributed by atoms with Crippen LogP contribution in [-0.2, 0) is 16.6 Å². The van der Waals surface area contributed by atoms with Crippen molar-refractivity contribution in [3.05, 3.63) is 48.0 Å². The van der Waals surface area contributed by atoms with Crippen molar-refractivity contribution in [3.63, 3.8) is 0 Å². The zero-order valence-corrected chi connectivity index (χ0v) is 13.8. The van der Waals surface area contributed by atoms with Crippen molar-refractivity contribution >= 4 is 17.5 Å². The number of para-hydroxylation sites is 1. The molecule has 7 nitrogen and oxygen atoms in total. The molecule has 0 aliphatic carbocycles. The number of carbonyl (C=O) groups excluding carboxylic acids is 2. The van der Waals surface area contributed by atoms with Crippen molar-refractivity contribution in [1.82, 2.24) is 20.0 Å². The number of aromatic nitrogens is 2. The molecule has 0 saturated heterocycles. The first-order valence-corrected chi connectivity index (χ1v) is 7.37. The molecule has 128 valence electrons. The van der Waals surface area contributed by atoms with Gasteiger partial charge in [0, 0.05) is 25.4 Å². The summed E-state index contributed by atoms with van der Waals surface area (Å²) in [5.74, 6) is -2.34. The number of carbonyl (C=O) groups is 2. The highest BCUT2D eigenvalue weighted by Crippen LogP contribution is 2.16. The maximum atomic E-state index is 13.5. The normalized spacial score (nSPS) is 12.0. The number of anilines is 1. The van der Waals surface area contributed by atoms with E-state index in [9.17, 15) is 14.0 Å². The SMILES string of the molecule is CN(C)C(CNC(=O)C(=O)Nc1ccccc1F)c1cnn(C)c1. The zero-order chi connectivity index (χ0) is 17.7. The lowest BCUT2D eigenvalue weighted by atomic mass is 10.1. The fourth-order valence-corrected chi connectivity index (χ4v) is 2.22. The van der Waals surface area contributed by atoms with Crippen LogP contribution in [0.15, 0.2) is 36.7 Å². The second-order valence-corrected chi connectivity index (χ2v) is 5.57. The summed E-state index contributed by atoms with van der Waals surface area (Å²) in [6.07, 6.45) is 3.55. The molecule has 2 rings (SSSR count). The van der Waals surface area contributed by atoms with Crippen LogP contribution in [0.1, 0.15) is 11.6 Å². The fraction of sp³-hybridized carbons (Fsp3) is 0.312. The number of rotatable bonds is 5. The van der Waals surface area contributed by atoms with Gasteiger partial charge >= 0.3 is 11.8 Å². The average molecular weight is 333 g/mol. The topological polar surface area (TPSA) is 79.3 Å². The molecular weight excluding hydrogens is 313 g/mol. The second kappa shape index (κ2) is 7.69. The maximum Gasteiger partial charge on any atom is 0.313 e. The summed E-state index contributed by atoms with van der Waals surface area (Å²) in [5, 5.41) is 8.91. The molecule has 0 aliphatic rings. The number of benzene rings is 1. The van der Waals surface area contributed by atoms with Crippen molar-refractivity contribution in [1.29, 1.82) is 0 Å². The van der Waals surface area contributed by atoms with Gasteiger partial charge in [0.25, 0.3) is 0 Å². The van der Waals surface area contributed by atoms with Gasteiger partial charge in [0.15, 0.2) is 0 Å². The van der Waals surface area contributed by atoms with E-state index in [-0.39, 0.29) is 18.3 Å². The number of nitrogens with zero attached hydrogens (tertiary/aromatic N) is 3. The molecule has 1 atom stereocenters. The van der Waals surface area contributed by atoms with Crippen molar-refractivity contribution in [3.8, 4) is 0 Å². The standard InChI is InChI=1S/C16H20FN5O2/c1-21(2)14(11-8-19-22(3)10-11)9-18-15(23)16(24)20-13-7-5-4-6-12(13)17/h4-8,10,14H,9H2,1-3H3,(H,18,23)(H,20,24). The highest BCUT2D eigenvalue weighted by atomic mass is 19.1. The minimum Gasteiger partial charge on any atom is -0.346 e. The zero-order valence-electron chi connectivity index (χ0n) is 13.8. The summed E-state index contributed by atoms with van der Waals surface area (Å²) in [5.41, 5.74) is 0.881. The van der Waals surface area contributed by atoms with E-state index in [0.29, 0.717) is 0 Å². The van der Waals surface area contributed by atoms with Crippen LogP contribution in [0, 0.1) is 5.82 Å². The van der Waals surface area contributed by atoms with Crippen molar-refractivity contribution in [2.45, 2.75) is 6.04 Å². The molecule has 0 radical (unpaired) electrons. The smallest absolute Gasteiger partial charge is 0.313 e. The number of likely N-dealkylation sites (N-methyl/N-ethyl adjacent to an activating group) is 1. The predicted octanol–water partition coefficient (Wildman–Crippen LogP) is 0.917. The van der Waals surface area contributed by atoms with Gasteiger partial charge < -0.3 is 15.5 Å². The van der Waals surface area contributed by atoms with Crippen LogP contribution >= 0.6 is 0 Å². The Morgan fingerprint density at radius 2 is 2.00 bits per heavy atom. The summed E-state index contributed by atoms with van der Waals surface area (Å²) in [6, 6.07) is 5.53. The van der Waals surface area contributed by atoms with Gasteiger partial charge in [-0.15, -0.1) is 0 Å². The first-order chi connectivity index (χ1) is 11.4. The predicted molar refractivity (Wildman–Crippen MR) is 87.7 cm³/mol. The van der Waals surface area contributed by atoms with Gasteiger partial charge in [0.2, 0.25) is 0 Å². The molecule has 2 aromatic rings. The first kappa shape index (κ1) is 17.6. The van der Waals surface area contributed by atoms with Gasteiger partial charge in [-0.05, 0) is 26.2 Å². The maximum absolute atomic E-state index is 13.5. The summed E-state index contributed by atoms with van der Waals surface area (Å²) < 4.78 is 15.2. The number of halogens is 1. The molecule has 0 saturated carbocycles. The number of hydrogen-bond acceptors (Lipinski definition) is 4. The molecule has 2 N–H and O–H groups in total. The first-order valence-electron chi connectivity index (χ1n) is 7.37. The minimum absolute atomic E-state index is 0.0333. The van der Waals surface area contributed by atoms with E-state index in [0.717, 1.165) is 5.56 Å². The third-order valence-corrected chi connectivity index (χ3v) is 3.52. The van der Waals surface area contributed by atoms with E-state index in [1.165, 1.54) is 18.2 Å². The summed E-state index contributed by atoms with van der Waals surface area (Å²) in [4.78, 5) is 25.7. The van der Waals surface area contributed by atoms with E-state index in [1.807, 2.05) is 25.2 Å². The number of amides is 2. The summed E-state index contributed by atoms with van der Waals surface area (Å²) in [7, 11) is 5.53. The van der Waals surface area contributed by atoms with E-state index in [2.05, 4.69) is 15.7 Å². The van der Waals surface area contributed by atoms with Gasteiger partial charge in [0.05, 0.1) is 17.9 Å². The molecule has 1 unspecified atom stereocenters. The van der Waals surface area contributed by atoms with Gasteiger partial charge in [-0.3, -0.25) is 14.3 Å². The molecule has 1 aromatic carbocycles. The van der Waals surface area contributed by atoms with Gasteiger partial charge in [-0.1, -0.05) is 12.1 Å². The largest absolute Gasteiger partial charge is 0.346 e. The lowest BCUT2D eigenvalue weighted by molar-refractivity contribution is -0.136. The quantitative estimate of drug-likeness (QED) is 0.798.